The summed E-state index contributed by atoms with van der Waals surface area (Å²) in [6.45, 7) is 4.85. The van der Waals surface area contributed by atoms with Crippen LogP contribution in [0.15, 0.2) is 24.3 Å². The third-order valence-electron chi connectivity index (χ3n) is 4.25. The fourth-order valence-electron chi connectivity index (χ4n) is 2.82. The van der Waals surface area contributed by atoms with Crippen molar-refractivity contribution in [1.82, 2.24) is 16.2 Å². The Kier molecular flexibility index (Phi) is 7.35. The number of ether oxygens (including phenoxy) is 1. The Hall–Kier alpha value is -2.19. The van der Waals surface area contributed by atoms with Crippen molar-refractivity contribution in [2.75, 3.05) is 25.2 Å². The molecule has 26 heavy (non-hydrogen) atoms. The number of hydrogen-bond acceptors (Lipinski definition) is 4. The third-order valence-corrected chi connectivity index (χ3v) is 4.47. The van der Waals surface area contributed by atoms with Gasteiger partial charge in [-0.25, -0.2) is 0 Å². The molecule has 0 saturated carbocycles. The lowest BCUT2D eigenvalue weighted by Gasteiger charge is -2.18. The van der Waals surface area contributed by atoms with Crippen LogP contribution in [0.2, 0.25) is 0 Å². The van der Waals surface area contributed by atoms with E-state index in [1.807, 2.05) is 31.2 Å². The second kappa shape index (κ2) is 9.49. The minimum absolute atomic E-state index is 0.0199. The average Bonchev–Trinajstić information content (AvgIpc) is 3.01. The van der Waals surface area contributed by atoms with E-state index in [1.165, 1.54) is 5.56 Å². The second-order valence-electron chi connectivity index (χ2n) is 6.37. The van der Waals surface area contributed by atoms with Crippen LogP contribution in [-0.4, -0.2) is 43.2 Å². The van der Waals surface area contributed by atoms with E-state index in [0.29, 0.717) is 18.3 Å². The Morgan fingerprint density at radius 2 is 2.04 bits per heavy atom. The Bertz CT molecular complexity index is 650. The molecule has 1 fully saturated rings. The fourth-order valence-corrected chi connectivity index (χ4v) is 3.07. The summed E-state index contributed by atoms with van der Waals surface area (Å²) in [4.78, 5) is 26.2. The van der Waals surface area contributed by atoms with Gasteiger partial charge in [-0.05, 0) is 43.3 Å². The Balaban J connectivity index is 1.85. The topological polar surface area (TPSA) is 82.7 Å². The summed E-state index contributed by atoms with van der Waals surface area (Å²) < 4.78 is 5.01. The number of thiocarbonyl (C=S) groups is 1. The van der Waals surface area contributed by atoms with E-state index >= 15 is 0 Å². The summed E-state index contributed by atoms with van der Waals surface area (Å²) in [5.41, 5.74) is 7.27. The van der Waals surface area contributed by atoms with Crippen molar-refractivity contribution in [2.24, 2.45) is 5.92 Å². The van der Waals surface area contributed by atoms with Crippen LogP contribution < -0.4 is 21.1 Å². The summed E-state index contributed by atoms with van der Waals surface area (Å²) in [6, 6.07) is 7.87. The van der Waals surface area contributed by atoms with E-state index in [0.717, 1.165) is 12.1 Å². The lowest BCUT2D eigenvalue weighted by molar-refractivity contribution is -0.126. The van der Waals surface area contributed by atoms with Crippen molar-refractivity contribution in [3.05, 3.63) is 29.8 Å². The highest BCUT2D eigenvalue weighted by molar-refractivity contribution is 7.80. The zero-order valence-electron chi connectivity index (χ0n) is 15.4. The molecule has 2 amide bonds. The molecule has 2 rings (SSSR count). The SMILES string of the molecule is CCc1ccc(N2C[C@@H](C(=O)NNC(=S)N[C@H](C)COC)CC2=O)cc1. The van der Waals surface area contributed by atoms with Gasteiger partial charge < -0.3 is 15.0 Å². The van der Waals surface area contributed by atoms with Crippen molar-refractivity contribution in [3.8, 4) is 0 Å². The predicted octanol–water partition coefficient (Wildman–Crippen LogP) is 1.13. The van der Waals surface area contributed by atoms with Crippen LogP contribution in [0.4, 0.5) is 5.69 Å². The normalized spacial score (nSPS) is 17.7. The van der Waals surface area contributed by atoms with Crippen molar-refractivity contribution in [2.45, 2.75) is 32.7 Å². The van der Waals surface area contributed by atoms with Crippen LogP contribution in [0, 0.1) is 5.92 Å². The molecule has 7 nitrogen and oxygen atoms in total. The molecule has 142 valence electrons. The van der Waals surface area contributed by atoms with Crippen LogP contribution in [-0.2, 0) is 20.7 Å². The maximum Gasteiger partial charge on any atom is 0.243 e. The van der Waals surface area contributed by atoms with Gasteiger partial charge >= 0.3 is 0 Å². The molecule has 1 aromatic rings. The number of rotatable bonds is 6. The first kappa shape index (κ1) is 20.1. The van der Waals surface area contributed by atoms with Crippen LogP contribution in [0.5, 0.6) is 0 Å². The van der Waals surface area contributed by atoms with Crippen molar-refractivity contribution >= 4 is 34.8 Å². The molecular formula is C18H26N4O3S. The van der Waals surface area contributed by atoms with Gasteiger partial charge in [0.15, 0.2) is 5.11 Å². The zero-order valence-corrected chi connectivity index (χ0v) is 16.2. The highest BCUT2D eigenvalue weighted by Crippen LogP contribution is 2.25. The molecule has 1 saturated heterocycles. The lowest BCUT2D eigenvalue weighted by Crippen LogP contribution is -2.51. The number of nitrogens with zero attached hydrogens (tertiary/aromatic N) is 1. The van der Waals surface area contributed by atoms with Crippen molar-refractivity contribution in [3.63, 3.8) is 0 Å². The molecular weight excluding hydrogens is 352 g/mol. The van der Waals surface area contributed by atoms with E-state index < -0.39 is 5.92 Å². The number of hydrazine groups is 1. The van der Waals surface area contributed by atoms with Crippen molar-refractivity contribution < 1.29 is 14.3 Å². The molecule has 1 aromatic carbocycles. The molecule has 8 heteroatoms. The number of hydrogen-bond donors (Lipinski definition) is 3. The average molecular weight is 378 g/mol. The van der Waals surface area contributed by atoms with Crippen LogP contribution in [0.1, 0.15) is 25.8 Å². The molecule has 0 radical (unpaired) electrons. The largest absolute Gasteiger partial charge is 0.383 e. The molecule has 0 unspecified atom stereocenters. The molecule has 1 aliphatic heterocycles. The number of nitrogens with one attached hydrogen (secondary N) is 3. The second-order valence-corrected chi connectivity index (χ2v) is 6.78. The zero-order chi connectivity index (χ0) is 19.1. The maximum atomic E-state index is 12.3. The van der Waals surface area contributed by atoms with Gasteiger partial charge in [-0.2, -0.15) is 0 Å². The minimum Gasteiger partial charge on any atom is -0.383 e. The smallest absolute Gasteiger partial charge is 0.243 e. The van der Waals surface area contributed by atoms with Crippen LogP contribution in [0.25, 0.3) is 0 Å². The summed E-state index contributed by atoms with van der Waals surface area (Å²) in [6.07, 6.45) is 1.13. The van der Waals surface area contributed by atoms with Gasteiger partial charge in [0.05, 0.1) is 12.5 Å². The number of carbonyl (C=O) groups excluding carboxylic acids is 2. The Labute approximate surface area is 159 Å². The number of carbonyl (C=O) groups is 2. The summed E-state index contributed by atoms with van der Waals surface area (Å²) in [7, 11) is 1.61. The molecule has 0 bridgehead atoms. The van der Waals surface area contributed by atoms with Crippen LogP contribution in [0.3, 0.4) is 0 Å². The van der Waals surface area contributed by atoms with Gasteiger partial charge in [0.25, 0.3) is 0 Å². The number of aryl methyl sites for hydroxylation is 1. The van der Waals surface area contributed by atoms with Gasteiger partial charge in [-0.15, -0.1) is 0 Å². The third kappa shape index (κ3) is 5.40. The first-order chi connectivity index (χ1) is 12.4. The highest BCUT2D eigenvalue weighted by Gasteiger charge is 2.35. The van der Waals surface area contributed by atoms with Crippen molar-refractivity contribution in [1.29, 1.82) is 0 Å². The van der Waals surface area contributed by atoms with E-state index in [4.69, 9.17) is 17.0 Å². The number of anilines is 1. The Morgan fingerprint density at radius 1 is 1.35 bits per heavy atom. The van der Waals surface area contributed by atoms with E-state index in [1.54, 1.807) is 12.0 Å². The maximum absolute atomic E-state index is 12.3. The van der Waals surface area contributed by atoms with Gasteiger partial charge in [0.1, 0.15) is 0 Å². The molecule has 0 spiro atoms. The standard InChI is InChI=1S/C18H26N4O3S/c1-4-13-5-7-15(8-6-13)22-10-14(9-16(22)23)17(24)20-21-18(26)19-12(2)11-25-3/h5-8,12,14H,4,9-11H2,1-3H3,(H,20,24)(H2,19,21,26)/t12-,14+/m1/s1. The number of amides is 2. The Morgan fingerprint density at radius 3 is 2.65 bits per heavy atom. The molecule has 0 aliphatic carbocycles. The first-order valence-electron chi connectivity index (χ1n) is 8.69. The number of benzene rings is 1. The minimum atomic E-state index is -0.417. The number of methoxy groups -OCH3 is 1. The van der Waals surface area contributed by atoms with Gasteiger partial charge in [0, 0.05) is 31.8 Å². The fraction of sp³-hybridized carbons (Fsp3) is 0.500. The van der Waals surface area contributed by atoms with E-state index in [2.05, 4.69) is 23.1 Å². The van der Waals surface area contributed by atoms with E-state index in [9.17, 15) is 9.59 Å². The first-order valence-corrected chi connectivity index (χ1v) is 9.10. The monoisotopic (exact) mass is 378 g/mol. The highest BCUT2D eigenvalue weighted by atomic mass is 32.1. The molecule has 0 aromatic heterocycles. The summed E-state index contributed by atoms with van der Waals surface area (Å²) in [5, 5.41) is 3.29. The quantitative estimate of drug-likeness (QED) is 0.509. The predicted molar refractivity (Wildman–Crippen MR) is 105 cm³/mol. The molecule has 3 N–H and O–H groups in total. The van der Waals surface area contributed by atoms with Crippen LogP contribution >= 0.6 is 12.2 Å². The summed E-state index contributed by atoms with van der Waals surface area (Å²) >= 11 is 5.11. The van der Waals surface area contributed by atoms with Gasteiger partial charge in [0.2, 0.25) is 11.8 Å². The van der Waals surface area contributed by atoms with E-state index in [-0.39, 0.29) is 24.3 Å². The summed E-state index contributed by atoms with van der Waals surface area (Å²) in [5.74, 6) is -0.724. The van der Waals surface area contributed by atoms with Gasteiger partial charge in [-0.3, -0.25) is 20.4 Å². The lowest BCUT2D eigenvalue weighted by atomic mass is 10.1. The molecule has 2 atom stereocenters. The molecule has 1 heterocycles. The van der Waals surface area contributed by atoms with Gasteiger partial charge in [-0.1, -0.05) is 19.1 Å². The molecule has 1 aliphatic rings.